The van der Waals surface area contributed by atoms with Crippen LogP contribution in [0.4, 0.5) is 0 Å². The van der Waals surface area contributed by atoms with Gasteiger partial charge in [0, 0.05) is 24.2 Å². The monoisotopic (exact) mass is 323 g/mol. The number of sulfone groups is 1. The maximum Gasteiger partial charge on any atom is 0.304 e. The molecule has 0 spiro atoms. The maximum atomic E-state index is 12.1. The molecule has 0 bridgehead atoms. The van der Waals surface area contributed by atoms with E-state index in [2.05, 4.69) is 10.3 Å². The number of nitriles is 1. The van der Waals surface area contributed by atoms with E-state index in [1.165, 1.54) is 12.1 Å². The maximum absolute atomic E-state index is 12.1. The van der Waals surface area contributed by atoms with Crippen molar-refractivity contribution in [1.29, 1.82) is 5.26 Å². The predicted molar refractivity (Wildman–Crippen MR) is 79.9 cm³/mol. The van der Waals surface area contributed by atoms with Crippen LogP contribution in [0.3, 0.4) is 0 Å². The predicted octanol–water partition coefficient (Wildman–Crippen LogP) is 0.872. The Morgan fingerprint density at radius 2 is 2.19 bits per heavy atom. The van der Waals surface area contributed by atoms with E-state index < -0.39 is 9.84 Å². The average Bonchev–Trinajstić information content (AvgIpc) is 2.89. The summed E-state index contributed by atoms with van der Waals surface area (Å²) < 4.78 is 24.2. The normalized spacial score (nSPS) is 11.2. The average molecular weight is 323 g/mol. The minimum atomic E-state index is -3.43. The second-order valence-corrected chi connectivity index (χ2v) is 7.26. The second kappa shape index (κ2) is 6.67. The lowest BCUT2D eigenvalue weighted by Crippen LogP contribution is -2.23. The summed E-state index contributed by atoms with van der Waals surface area (Å²) in [4.78, 5) is 13.6. The van der Waals surface area contributed by atoms with Crippen molar-refractivity contribution in [1.82, 2.24) is 10.3 Å². The van der Waals surface area contributed by atoms with Gasteiger partial charge < -0.3 is 10.3 Å². The molecular weight excluding hydrogens is 310 g/mol. The van der Waals surface area contributed by atoms with Gasteiger partial charge in [0.15, 0.2) is 9.84 Å². The molecule has 6 nitrogen and oxygen atoms in total. The topological polar surface area (TPSA) is 103 Å². The third-order valence-corrected chi connectivity index (χ3v) is 5.19. The van der Waals surface area contributed by atoms with E-state index in [1.54, 1.807) is 17.5 Å². The summed E-state index contributed by atoms with van der Waals surface area (Å²) in [6.45, 7) is 0.670. The summed E-state index contributed by atoms with van der Waals surface area (Å²) in [5.41, 5.74) is 1.05. The Balaban J connectivity index is 1.92. The van der Waals surface area contributed by atoms with Crippen molar-refractivity contribution in [3.8, 4) is 6.07 Å². The number of H-pyrrole nitrogens is 1. The first kappa shape index (κ1) is 15.4. The first-order chi connectivity index (χ1) is 10.0. The lowest BCUT2D eigenvalue weighted by molar-refractivity contribution is 0.590. The van der Waals surface area contributed by atoms with Crippen molar-refractivity contribution in [2.45, 2.75) is 11.4 Å². The van der Waals surface area contributed by atoms with E-state index in [4.69, 9.17) is 5.26 Å². The van der Waals surface area contributed by atoms with Crippen LogP contribution in [0.1, 0.15) is 11.3 Å². The van der Waals surface area contributed by atoms with Gasteiger partial charge in [0.2, 0.25) is 0 Å². The first-order valence-corrected chi connectivity index (χ1v) is 8.65. The molecule has 8 heteroatoms. The minimum Gasteiger partial charge on any atom is -0.315 e. The van der Waals surface area contributed by atoms with Gasteiger partial charge in [-0.3, -0.25) is 4.79 Å². The lowest BCUT2D eigenvalue weighted by atomic mass is 10.2. The van der Waals surface area contributed by atoms with Crippen LogP contribution >= 0.6 is 11.3 Å². The molecule has 2 N–H and O–H groups in total. The molecule has 2 aromatic rings. The summed E-state index contributed by atoms with van der Waals surface area (Å²) >= 11 is 1.07. The number of thiazole rings is 1. The second-order valence-electron chi connectivity index (χ2n) is 4.31. The van der Waals surface area contributed by atoms with Crippen LogP contribution in [0.5, 0.6) is 0 Å². The lowest BCUT2D eigenvalue weighted by Gasteiger charge is -2.06. The molecule has 0 saturated carbocycles. The number of hydrogen-bond acceptors (Lipinski definition) is 6. The number of rotatable bonds is 6. The van der Waals surface area contributed by atoms with Gasteiger partial charge in [0.1, 0.15) is 0 Å². The van der Waals surface area contributed by atoms with E-state index in [1.807, 2.05) is 6.07 Å². The number of aromatic nitrogens is 1. The number of nitrogens with zero attached hydrogens (tertiary/aromatic N) is 1. The Labute approximate surface area is 126 Å². The molecule has 0 atom stereocenters. The van der Waals surface area contributed by atoms with Crippen molar-refractivity contribution in [2.75, 3.05) is 12.3 Å². The van der Waals surface area contributed by atoms with Crippen LogP contribution in [-0.2, 0) is 16.4 Å². The molecule has 0 aliphatic rings. The molecular formula is C13H13N3O3S2. The third-order valence-electron chi connectivity index (χ3n) is 2.76. The molecule has 0 aliphatic heterocycles. The van der Waals surface area contributed by atoms with E-state index in [9.17, 15) is 13.2 Å². The van der Waals surface area contributed by atoms with Crippen molar-refractivity contribution in [3.05, 3.63) is 50.6 Å². The van der Waals surface area contributed by atoms with E-state index in [0.717, 1.165) is 17.0 Å². The molecule has 0 fully saturated rings. The van der Waals surface area contributed by atoms with Crippen molar-refractivity contribution in [2.24, 2.45) is 0 Å². The van der Waals surface area contributed by atoms with Crippen LogP contribution in [-0.4, -0.2) is 25.7 Å². The molecule has 0 radical (unpaired) electrons. The summed E-state index contributed by atoms with van der Waals surface area (Å²) in [5.74, 6) is -0.0732. The standard InChI is InChI=1S/C13H13N3O3S2/c14-7-10-2-1-3-12(6-10)21(18,19)5-4-15-8-11-9-20-13(17)16-11/h1-3,6,9,15H,4-5,8H2,(H,16,17). The molecule has 1 heterocycles. The molecule has 0 aliphatic carbocycles. The number of benzene rings is 1. The Bertz CT molecular complexity index is 815. The fourth-order valence-corrected chi connectivity index (χ4v) is 3.53. The molecule has 0 saturated heterocycles. The van der Waals surface area contributed by atoms with Crippen molar-refractivity contribution >= 4 is 21.2 Å². The number of hydrogen-bond donors (Lipinski definition) is 2. The smallest absolute Gasteiger partial charge is 0.304 e. The van der Waals surface area contributed by atoms with E-state index in [-0.39, 0.29) is 22.1 Å². The fraction of sp³-hybridized carbons (Fsp3) is 0.231. The molecule has 0 amide bonds. The summed E-state index contributed by atoms with van der Waals surface area (Å²) in [5, 5.41) is 13.4. The van der Waals surface area contributed by atoms with E-state index >= 15 is 0 Å². The van der Waals surface area contributed by atoms with Gasteiger partial charge in [-0.1, -0.05) is 17.4 Å². The Morgan fingerprint density at radius 1 is 1.38 bits per heavy atom. The number of nitrogens with one attached hydrogen (secondary N) is 2. The fourth-order valence-electron chi connectivity index (χ4n) is 1.71. The minimum absolute atomic E-state index is 0.0732. The highest BCUT2D eigenvalue weighted by molar-refractivity contribution is 7.91. The van der Waals surface area contributed by atoms with Gasteiger partial charge in [-0.25, -0.2) is 8.42 Å². The van der Waals surface area contributed by atoms with Crippen LogP contribution in [0, 0.1) is 11.3 Å². The van der Waals surface area contributed by atoms with Gasteiger partial charge in [0.25, 0.3) is 0 Å². The van der Waals surface area contributed by atoms with Gasteiger partial charge in [-0.2, -0.15) is 5.26 Å². The zero-order valence-corrected chi connectivity index (χ0v) is 12.6. The molecule has 2 rings (SSSR count). The highest BCUT2D eigenvalue weighted by Gasteiger charge is 2.14. The van der Waals surface area contributed by atoms with Gasteiger partial charge in [-0.15, -0.1) is 0 Å². The Morgan fingerprint density at radius 3 is 2.86 bits per heavy atom. The van der Waals surface area contributed by atoms with Crippen LogP contribution in [0.2, 0.25) is 0 Å². The van der Waals surface area contributed by atoms with Crippen molar-refractivity contribution < 1.29 is 8.42 Å². The zero-order chi connectivity index (χ0) is 15.3. The van der Waals surface area contributed by atoms with E-state index in [0.29, 0.717) is 12.1 Å². The largest absolute Gasteiger partial charge is 0.315 e. The van der Waals surface area contributed by atoms with Gasteiger partial charge in [0.05, 0.1) is 22.3 Å². The summed E-state index contributed by atoms with van der Waals surface area (Å²) in [6.07, 6.45) is 0. The number of aromatic amines is 1. The van der Waals surface area contributed by atoms with Gasteiger partial charge in [-0.05, 0) is 18.2 Å². The third kappa shape index (κ3) is 4.26. The van der Waals surface area contributed by atoms with Crippen LogP contribution < -0.4 is 10.2 Å². The van der Waals surface area contributed by atoms with Crippen molar-refractivity contribution in [3.63, 3.8) is 0 Å². The molecule has 1 aromatic heterocycles. The SMILES string of the molecule is N#Cc1cccc(S(=O)(=O)CCNCc2csc(=O)[nH]2)c1. The molecule has 21 heavy (non-hydrogen) atoms. The zero-order valence-electron chi connectivity index (χ0n) is 11.0. The summed E-state index contributed by atoms with van der Waals surface area (Å²) in [6, 6.07) is 7.87. The van der Waals surface area contributed by atoms with Crippen LogP contribution in [0.15, 0.2) is 39.3 Å². The summed E-state index contributed by atoms with van der Waals surface area (Å²) in [7, 11) is -3.43. The Hall–Kier alpha value is -1.95. The quantitative estimate of drug-likeness (QED) is 0.768. The molecule has 1 aromatic carbocycles. The molecule has 110 valence electrons. The highest BCUT2D eigenvalue weighted by Crippen LogP contribution is 2.12. The highest BCUT2D eigenvalue weighted by atomic mass is 32.2. The van der Waals surface area contributed by atoms with Crippen LogP contribution in [0.25, 0.3) is 0 Å². The van der Waals surface area contributed by atoms with Gasteiger partial charge >= 0.3 is 4.87 Å². The first-order valence-electron chi connectivity index (χ1n) is 6.11. The Kier molecular flexibility index (Phi) is 4.90. The molecule has 0 unspecified atom stereocenters.